The molecule has 1 saturated heterocycles. The summed E-state index contributed by atoms with van der Waals surface area (Å²) in [5, 5.41) is 2.65. The van der Waals surface area contributed by atoms with Crippen molar-refractivity contribution >= 4 is 28.6 Å². The van der Waals surface area contributed by atoms with E-state index in [1.807, 2.05) is 23.1 Å². The fourth-order valence-corrected chi connectivity index (χ4v) is 3.24. The Labute approximate surface area is 159 Å². The van der Waals surface area contributed by atoms with Gasteiger partial charge >= 0.3 is 6.18 Å². The van der Waals surface area contributed by atoms with Crippen LogP contribution in [0.15, 0.2) is 48.5 Å². The van der Waals surface area contributed by atoms with Crippen LogP contribution in [0.4, 0.5) is 24.8 Å². The average molecular weight is 386 g/mol. The number of nitrogens with one attached hydrogen (secondary N) is 1. The molecule has 2 heterocycles. The van der Waals surface area contributed by atoms with Crippen LogP contribution in [0.2, 0.25) is 0 Å². The van der Waals surface area contributed by atoms with Gasteiger partial charge < -0.3 is 10.2 Å². The van der Waals surface area contributed by atoms with Crippen molar-refractivity contribution in [1.82, 2.24) is 9.97 Å². The number of benzene rings is 2. The van der Waals surface area contributed by atoms with E-state index in [0.29, 0.717) is 16.9 Å². The van der Waals surface area contributed by atoms with Crippen molar-refractivity contribution in [3.63, 3.8) is 0 Å². The van der Waals surface area contributed by atoms with Crippen molar-refractivity contribution in [3.8, 4) is 0 Å². The van der Waals surface area contributed by atoms with Crippen LogP contribution >= 0.6 is 0 Å². The maximum absolute atomic E-state index is 12.9. The minimum absolute atomic E-state index is 0.0860. The molecule has 144 valence electrons. The fourth-order valence-electron chi connectivity index (χ4n) is 3.24. The Morgan fingerprint density at radius 3 is 2.32 bits per heavy atom. The Morgan fingerprint density at radius 1 is 0.964 bits per heavy atom. The normalized spacial score (nSPS) is 14.5. The third kappa shape index (κ3) is 3.62. The molecule has 1 aliphatic rings. The molecule has 8 heteroatoms. The minimum Gasteiger partial charge on any atom is -0.354 e. The third-order valence-electron chi connectivity index (χ3n) is 4.64. The van der Waals surface area contributed by atoms with Gasteiger partial charge in [-0.15, -0.1) is 0 Å². The molecule has 2 aromatic carbocycles. The number of aromatic nitrogens is 2. The van der Waals surface area contributed by atoms with Gasteiger partial charge in [-0.25, -0.2) is 9.97 Å². The van der Waals surface area contributed by atoms with Gasteiger partial charge in [0.15, 0.2) is 11.6 Å². The standard InChI is InChI=1S/C20H17F3N4O/c21-20(22,23)14-7-5-6-13(12-14)19(28)26-17-18(27-10-3-4-11-27)25-16-9-2-1-8-15(16)24-17/h1-2,5-9,12H,3-4,10-11H2,(H,24,26,28). The van der Waals surface area contributed by atoms with E-state index in [0.717, 1.165) is 38.1 Å². The van der Waals surface area contributed by atoms with Crippen LogP contribution in [0, 0.1) is 0 Å². The highest BCUT2D eigenvalue weighted by molar-refractivity contribution is 6.05. The van der Waals surface area contributed by atoms with Gasteiger partial charge in [-0.3, -0.25) is 4.79 Å². The number of carbonyl (C=O) groups is 1. The van der Waals surface area contributed by atoms with Crippen molar-refractivity contribution in [1.29, 1.82) is 0 Å². The Balaban J connectivity index is 1.70. The molecule has 1 aliphatic heterocycles. The van der Waals surface area contributed by atoms with Crippen LogP contribution in [0.3, 0.4) is 0 Å². The highest BCUT2D eigenvalue weighted by atomic mass is 19.4. The predicted molar refractivity (Wildman–Crippen MR) is 100 cm³/mol. The van der Waals surface area contributed by atoms with Crippen LogP contribution in [0.1, 0.15) is 28.8 Å². The summed E-state index contributed by atoms with van der Waals surface area (Å²) >= 11 is 0. The number of para-hydroxylation sites is 2. The number of anilines is 2. The van der Waals surface area contributed by atoms with Crippen LogP contribution in [-0.2, 0) is 6.18 Å². The van der Waals surface area contributed by atoms with Crippen LogP contribution in [0.25, 0.3) is 11.0 Å². The number of rotatable bonds is 3. The number of carbonyl (C=O) groups excluding carboxylic acids is 1. The van der Waals surface area contributed by atoms with Gasteiger partial charge in [0, 0.05) is 18.7 Å². The van der Waals surface area contributed by atoms with Gasteiger partial charge in [-0.2, -0.15) is 13.2 Å². The summed E-state index contributed by atoms with van der Waals surface area (Å²) in [4.78, 5) is 23.8. The maximum Gasteiger partial charge on any atom is 0.416 e. The van der Waals surface area contributed by atoms with Gasteiger partial charge in [0.1, 0.15) is 0 Å². The Hall–Kier alpha value is -3.16. The summed E-state index contributed by atoms with van der Waals surface area (Å²) in [6, 6.07) is 11.6. The van der Waals surface area contributed by atoms with E-state index in [2.05, 4.69) is 15.3 Å². The molecule has 0 aliphatic carbocycles. The minimum atomic E-state index is -4.51. The first kappa shape index (κ1) is 18.2. The molecular formula is C20H17F3N4O. The summed E-state index contributed by atoms with van der Waals surface area (Å²) in [5.41, 5.74) is 0.341. The summed E-state index contributed by atoms with van der Waals surface area (Å²) in [7, 11) is 0. The number of hydrogen-bond acceptors (Lipinski definition) is 4. The zero-order valence-corrected chi connectivity index (χ0v) is 14.8. The van der Waals surface area contributed by atoms with E-state index in [4.69, 9.17) is 0 Å². The smallest absolute Gasteiger partial charge is 0.354 e. The topological polar surface area (TPSA) is 58.1 Å². The lowest BCUT2D eigenvalue weighted by Gasteiger charge is -2.20. The molecule has 0 spiro atoms. The molecule has 0 saturated carbocycles. The second kappa shape index (κ2) is 7.10. The van der Waals surface area contributed by atoms with E-state index < -0.39 is 17.6 Å². The molecule has 0 bridgehead atoms. The van der Waals surface area contributed by atoms with Gasteiger partial charge in [0.2, 0.25) is 0 Å². The second-order valence-electron chi connectivity index (χ2n) is 6.61. The molecule has 4 rings (SSSR count). The lowest BCUT2D eigenvalue weighted by atomic mass is 10.1. The summed E-state index contributed by atoms with van der Waals surface area (Å²) in [6.45, 7) is 1.58. The molecule has 1 fully saturated rings. The second-order valence-corrected chi connectivity index (χ2v) is 6.61. The van der Waals surface area contributed by atoms with E-state index in [9.17, 15) is 18.0 Å². The number of halogens is 3. The first-order valence-corrected chi connectivity index (χ1v) is 8.92. The number of nitrogens with zero attached hydrogens (tertiary/aromatic N) is 3. The lowest BCUT2D eigenvalue weighted by molar-refractivity contribution is -0.137. The Bertz CT molecular complexity index is 1030. The molecular weight excluding hydrogens is 369 g/mol. The third-order valence-corrected chi connectivity index (χ3v) is 4.64. The maximum atomic E-state index is 12.9. The van der Waals surface area contributed by atoms with Crippen molar-refractivity contribution in [2.75, 3.05) is 23.3 Å². The predicted octanol–water partition coefficient (Wildman–Crippen LogP) is 4.50. The molecule has 0 unspecified atom stereocenters. The molecule has 1 amide bonds. The van der Waals surface area contributed by atoms with Crippen LogP contribution in [0.5, 0.6) is 0 Å². The molecule has 0 radical (unpaired) electrons. The van der Waals surface area contributed by atoms with Gasteiger partial charge in [0.05, 0.1) is 16.6 Å². The molecule has 0 atom stereocenters. The van der Waals surface area contributed by atoms with E-state index in [1.54, 1.807) is 6.07 Å². The first-order valence-electron chi connectivity index (χ1n) is 8.92. The number of alkyl halides is 3. The van der Waals surface area contributed by atoms with E-state index >= 15 is 0 Å². The number of amides is 1. The van der Waals surface area contributed by atoms with Gasteiger partial charge in [0.25, 0.3) is 5.91 Å². The first-order chi connectivity index (χ1) is 13.4. The molecule has 28 heavy (non-hydrogen) atoms. The van der Waals surface area contributed by atoms with Crippen molar-refractivity contribution in [2.24, 2.45) is 0 Å². The monoisotopic (exact) mass is 386 g/mol. The SMILES string of the molecule is O=C(Nc1nc2ccccc2nc1N1CCCC1)c1cccc(C(F)(F)F)c1. The molecule has 1 aromatic heterocycles. The summed E-state index contributed by atoms with van der Waals surface area (Å²) in [6.07, 6.45) is -2.50. The van der Waals surface area contributed by atoms with Gasteiger partial charge in [-0.1, -0.05) is 18.2 Å². The van der Waals surface area contributed by atoms with Crippen LogP contribution in [-0.4, -0.2) is 29.0 Å². The van der Waals surface area contributed by atoms with Crippen LogP contribution < -0.4 is 10.2 Å². The van der Waals surface area contributed by atoms with Gasteiger partial charge in [-0.05, 0) is 43.2 Å². The Morgan fingerprint density at radius 2 is 1.64 bits per heavy atom. The van der Waals surface area contributed by atoms with Crippen molar-refractivity contribution in [3.05, 3.63) is 59.7 Å². The zero-order chi connectivity index (χ0) is 19.7. The zero-order valence-electron chi connectivity index (χ0n) is 14.8. The quantitative estimate of drug-likeness (QED) is 0.720. The molecule has 5 nitrogen and oxygen atoms in total. The highest BCUT2D eigenvalue weighted by Gasteiger charge is 2.31. The summed E-state index contributed by atoms with van der Waals surface area (Å²) < 4.78 is 38.8. The van der Waals surface area contributed by atoms with E-state index in [1.165, 1.54) is 12.1 Å². The van der Waals surface area contributed by atoms with Crippen molar-refractivity contribution in [2.45, 2.75) is 19.0 Å². The highest BCUT2D eigenvalue weighted by Crippen LogP contribution is 2.31. The average Bonchev–Trinajstić information content (AvgIpc) is 3.21. The fraction of sp³-hybridized carbons (Fsp3) is 0.250. The van der Waals surface area contributed by atoms with E-state index in [-0.39, 0.29) is 11.4 Å². The number of fused-ring (bicyclic) bond motifs is 1. The molecule has 1 N–H and O–H groups in total. The van der Waals surface area contributed by atoms with Crippen molar-refractivity contribution < 1.29 is 18.0 Å². The lowest BCUT2D eigenvalue weighted by Crippen LogP contribution is -2.23. The Kier molecular flexibility index (Phi) is 4.62. The summed E-state index contributed by atoms with van der Waals surface area (Å²) in [5.74, 6) is 0.135. The largest absolute Gasteiger partial charge is 0.416 e. The number of hydrogen-bond donors (Lipinski definition) is 1. The molecule has 3 aromatic rings.